The number of hydrogen-bond donors (Lipinski definition) is 0. The Kier molecular flexibility index (Phi) is 9.57. The van der Waals surface area contributed by atoms with Gasteiger partial charge in [-0.3, -0.25) is 4.79 Å². The fourth-order valence-corrected chi connectivity index (χ4v) is 1.57. The number of Topliss-reactive ketones (excluding diaryl/α,β-unsaturated/α-hetero) is 1. The Morgan fingerprint density at radius 2 is 1.29 bits per heavy atom. The third-order valence-electron chi connectivity index (χ3n) is 1.69. The van der Waals surface area contributed by atoms with Crippen LogP contribution in [0, 0.1) is 0 Å². The summed E-state index contributed by atoms with van der Waals surface area (Å²) in [4.78, 5) is 11.1. The normalized spacial score (nSPS) is 9.29. The van der Waals surface area contributed by atoms with E-state index in [1.54, 1.807) is 0 Å². The minimum absolute atomic E-state index is 0.0694. The number of carbonyl (C=O) groups excluding carboxylic acids is 1. The van der Waals surface area contributed by atoms with E-state index in [9.17, 15) is 13.2 Å². The van der Waals surface area contributed by atoms with Crippen LogP contribution < -0.4 is 0 Å². The van der Waals surface area contributed by atoms with Crippen molar-refractivity contribution in [2.45, 2.75) is 39.5 Å². The van der Waals surface area contributed by atoms with Gasteiger partial charge in [-0.05, 0) is 19.1 Å². The molecule has 0 spiro atoms. The molecular weight excluding hydrogens is 236 g/mol. The lowest BCUT2D eigenvalue weighted by Crippen LogP contribution is -1.98. The first-order chi connectivity index (χ1) is 7.91. The fourth-order valence-electron chi connectivity index (χ4n) is 0.937. The molecule has 0 aromatic heterocycles. The maximum Gasteiger partial charge on any atom is 0.175 e. The lowest BCUT2D eigenvalue weighted by Gasteiger charge is -1.98. The minimum Gasteiger partial charge on any atom is -0.295 e. The van der Waals surface area contributed by atoms with Gasteiger partial charge in [0.05, 0.1) is 4.90 Å². The lowest BCUT2D eigenvalue weighted by molar-refractivity contribution is 0.101. The second-order valence-electron chi connectivity index (χ2n) is 2.85. The highest BCUT2D eigenvalue weighted by molar-refractivity contribution is 7.90. The molecule has 0 unspecified atom stereocenters. The molecule has 1 aromatic carbocycles. The first-order valence-corrected chi connectivity index (χ1v) is 7.61. The van der Waals surface area contributed by atoms with Crippen molar-refractivity contribution in [3.63, 3.8) is 0 Å². The Bertz CT molecular complexity index is 416. The zero-order valence-electron chi connectivity index (χ0n) is 11.4. The predicted molar refractivity (Wildman–Crippen MR) is 72.3 cm³/mol. The largest absolute Gasteiger partial charge is 0.295 e. The summed E-state index contributed by atoms with van der Waals surface area (Å²) >= 11 is 0. The van der Waals surface area contributed by atoms with E-state index in [0.29, 0.717) is 5.56 Å². The summed E-state index contributed by atoms with van der Waals surface area (Å²) in [6.45, 7) is 9.44. The summed E-state index contributed by atoms with van der Waals surface area (Å²) in [7, 11) is -3.16. The molecular formula is C13H22O3S. The lowest BCUT2D eigenvalue weighted by atomic mass is 10.2. The van der Waals surface area contributed by atoms with Gasteiger partial charge in [-0.2, -0.15) is 0 Å². The molecule has 0 atom stereocenters. The van der Waals surface area contributed by atoms with Crippen LogP contribution in [0.3, 0.4) is 0 Å². The van der Waals surface area contributed by atoms with Gasteiger partial charge in [-0.15, -0.1) is 0 Å². The molecule has 0 saturated heterocycles. The molecule has 0 N–H and O–H groups in total. The highest BCUT2D eigenvalue weighted by atomic mass is 32.2. The molecule has 0 amide bonds. The van der Waals surface area contributed by atoms with Crippen LogP contribution in [-0.2, 0) is 9.84 Å². The molecule has 0 bridgehead atoms. The highest BCUT2D eigenvalue weighted by Gasteiger charge is 2.06. The second kappa shape index (κ2) is 8.93. The average molecular weight is 258 g/mol. The summed E-state index contributed by atoms with van der Waals surface area (Å²) in [5.41, 5.74) is 0.521. The first-order valence-electron chi connectivity index (χ1n) is 5.72. The van der Waals surface area contributed by atoms with Gasteiger partial charge in [0.25, 0.3) is 0 Å². The fraction of sp³-hybridized carbons (Fsp3) is 0.462. The van der Waals surface area contributed by atoms with Crippen LogP contribution >= 0.6 is 0 Å². The molecule has 0 radical (unpaired) electrons. The molecule has 0 aliphatic heterocycles. The minimum atomic E-state index is -3.16. The summed E-state index contributed by atoms with van der Waals surface area (Å²) in [6.07, 6.45) is 1.13. The van der Waals surface area contributed by atoms with Crippen molar-refractivity contribution in [3.05, 3.63) is 29.8 Å². The van der Waals surface area contributed by atoms with E-state index in [1.165, 1.54) is 31.2 Å². The quantitative estimate of drug-likeness (QED) is 0.764. The van der Waals surface area contributed by atoms with Crippen molar-refractivity contribution in [1.29, 1.82) is 0 Å². The molecule has 17 heavy (non-hydrogen) atoms. The molecule has 0 saturated carbocycles. The predicted octanol–water partition coefficient (Wildman–Crippen LogP) is 3.35. The third kappa shape index (κ3) is 6.89. The summed E-state index contributed by atoms with van der Waals surface area (Å²) < 4.78 is 22.1. The number of carbonyl (C=O) groups is 1. The Hall–Kier alpha value is -1.16. The molecule has 3 nitrogen and oxygen atoms in total. The number of benzene rings is 1. The van der Waals surface area contributed by atoms with Crippen molar-refractivity contribution in [2.75, 3.05) is 6.26 Å². The molecule has 0 aliphatic carbocycles. The number of ketones is 1. The van der Waals surface area contributed by atoms with E-state index in [-0.39, 0.29) is 10.7 Å². The monoisotopic (exact) mass is 258 g/mol. The van der Waals surface area contributed by atoms with Crippen molar-refractivity contribution < 1.29 is 13.2 Å². The van der Waals surface area contributed by atoms with Crippen LogP contribution in [0.5, 0.6) is 0 Å². The van der Waals surface area contributed by atoms with E-state index in [2.05, 4.69) is 0 Å². The van der Waals surface area contributed by atoms with Gasteiger partial charge in [0, 0.05) is 11.8 Å². The van der Waals surface area contributed by atoms with Gasteiger partial charge in [0.15, 0.2) is 15.6 Å². The molecule has 0 fully saturated rings. The molecule has 1 rings (SSSR count). The van der Waals surface area contributed by atoms with Crippen LogP contribution in [0.1, 0.15) is 45.0 Å². The van der Waals surface area contributed by atoms with Gasteiger partial charge >= 0.3 is 0 Å². The Morgan fingerprint density at radius 1 is 0.941 bits per heavy atom. The Balaban J connectivity index is 0. The van der Waals surface area contributed by atoms with Gasteiger partial charge in [0.2, 0.25) is 0 Å². The van der Waals surface area contributed by atoms with Crippen LogP contribution in [0.25, 0.3) is 0 Å². The zero-order valence-corrected chi connectivity index (χ0v) is 12.3. The first kappa shape index (κ1) is 18.2. The summed E-state index contributed by atoms with van der Waals surface area (Å²) in [5.74, 6) is -0.0694. The van der Waals surface area contributed by atoms with Crippen LogP contribution in [0.15, 0.2) is 29.2 Å². The van der Waals surface area contributed by atoms with Crippen molar-refractivity contribution in [3.8, 4) is 0 Å². The third-order valence-corrected chi connectivity index (χ3v) is 2.82. The molecule has 4 heteroatoms. The van der Waals surface area contributed by atoms with E-state index < -0.39 is 9.84 Å². The smallest absolute Gasteiger partial charge is 0.175 e. The van der Waals surface area contributed by atoms with Crippen molar-refractivity contribution in [2.24, 2.45) is 0 Å². The maximum absolute atomic E-state index is 11.0. The summed E-state index contributed by atoms with van der Waals surface area (Å²) in [6, 6.07) is 5.90. The Morgan fingerprint density at radius 3 is 1.53 bits per heavy atom. The second-order valence-corrected chi connectivity index (χ2v) is 4.87. The number of rotatable bonds is 2. The molecule has 0 aliphatic rings. The van der Waals surface area contributed by atoms with Gasteiger partial charge in [-0.1, -0.05) is 39.8 Å². The number of hydrogen-bond acceptors (Lipinski definition) is 3. The van der Waals surface area contributed by atoms with Gasteiger partial charge in [0.1, 0.15) is 0 Å². The topological polar surface area (TPSA) is 51.2 Å². The average Bonchev–Trinajstić information content (AvgIpc) is 2.33. The van der Waals surface area contributed by atoms with E-state index >= 15 is 0 Å². The highest BCUT2D eigenvalue weighted by Crippen LogP contribution is 2.10. The Labute approximate surface area is 105 Å². The molecule has 1 aromatic rings. The van der Waals surface area contributed by atoms with Crippen molar-refractivity contribution in [1.82, 2.24) is 0 Å². The van der Waals surface area contributed by atoms with Crippen LogP contribution in [0.4, 0.5) is 0 Å². The maximum atomic E-state index is 11.0. The van der Waals surface area contributed by atoms with E-state index in [1.807, 2.05) is 27.7 Å². The SMILES string of the molecule is CC.CC.CC(=O)c1ccc(S(C)(=O)=O)cc1. The number of sulfone groups is 1. The zero-order chi connectivity index (χ0) is 14.1. The van der Waals surface area contributed by atoms with E-state index in [4.69, 9.17) is 0 Å². The molecule has 98 valence electrons. The van der Waals surface area contributed by atoms with Gasteiger partial charge in [-0.25, -0.2) is 8.42 Å². The molecule has 0 heterocycles. The van der Waals surface area contributed by atoms with Crippen LogP contribution in [0.2, 0.25) is 0 Å². The van der Waals surface area contributed by atoms with Crippen molar-refractivity contribution >= 4 is 15.6 Å². The van der Waals surface area contributed by atoms with E-state index in [0.717, 1.165) is 6.26 Å². The standard InChI is InChI=1S/C9H10O3S.2C2H6/c1-7(10)8-3-5-9(6-4-8)13(2,11)12;2*1-2/h3-6H,1-2H3;2*1-2H3. The van der Waals surface area contributed by atoms with Crippen LogP contribution in [-0.4, -0.2) is 20.5 Å². The van der Waals surface area contributed by atoms with Gasteiger partial charge < -0.3 is 0 Å². The summed E-state index contributed by atoms with van der Waals surface area (Å²) in [5, 5.41) is 0.